The second kappa shape index (κ2) is 6.76. The topological polar surface area (TPSA) is 63.2 Å². The minimum absolute atomic E-state index is 0.0636. The Hall–Kier alpha value is -1.79. The molecule has 2 aromatic rings. The summed E-state index contributed by atoms with van der Waals surface area (Å²) >= 11 is 0. The third-order valence-corrected chi connectivity index (χ3v) is 6.23. The number of aromatic nitrogens is 2. The van der Waals surface area contributed by atoms with Crippen molar-refractivity contribution in [2.24, 2.45) is 0 Å². The SMILES string of the molecule is Cc1cc(CC[C@@H]2CCCN2S(=O)(=O)c2cccnc2)ccn1. The number of sulfonamides is 1. The van der Waals surface area contributed by atoms with Crippen molar-refractivity contribution in [2.75, 3.05) is 6.54 Å². The maximum Gasteiger partial charge on any atom is 0.244 e. The second-order valence-corrected chi connectivity index (χ2v) is 7.84. The number of aryl methyl sites for hydroxylation is 2. The molecule has 3 heterocycles. The highest BCUT2D eigenvalue weighted by Crippen LogP contribution is 2.28. The Morgan fingerprint density at radius 2 is 2.17 bits per heavy atom. The molecule has 1 atom stereocenters. The Morgan fingerprint density at radius 1 is 1.30 bits per heavy atom. The van der Waals surface area contributed by atoms with Crippen molar-refractivity contribution in [1.82, 2.24) is 14.3 Å². The number of hydrogen-bond donors (Lipinski definition) is 0. The molecule has 6 heteroatoms. The molecule has 122 valence electrons. The number of pyridine rings is 2. The molecular weight excluding hydrogens is 310 g/mol. The van der Waals surface area contributed by atoms with E-state index in [1.54, 1.807) is 22.6 Å². The summed E-state index contributed by atoms with van der Waals surface area (Å²) in [6.45, 7) is 2.56. The van der Waals surface area contributed by atoms with Gasteiger partial charge in [-0.15, -0.1) is 0 Å². The van der Waals surface area contributed by atoms with Gasteiger partial charge in [0, 0.05) is 36.9 Å². The number of nitrogens with zero attached hydrogens (tertiary/aromatic N) is 3. The fourth-order valence-electron chi connectivity index (χ4n) is 3.14. The molecule has 0 unspecified atom stereocenters. The molecular formula is C17H21N3O2S. The van der Waals surface area contributed by atoms with Gasteiger partial charge in [0.05, 0.1) is 0 Å². The van der Waals surface area contributed by atoms with E-state index in [1.807, 2.05) is 19.2 Å². The Kier molecular flexibility index (Phi) is 4.73. The third-order valence-electron chi connectivity index (χ3n) is 4.29. The molecule has 3 rings (SSSR count). The van der Waals surface area contributed by atoms with Gasteiger partial charge in [0.15, 0.2) is 0 Å². The van der Waals surface area contributed by atoms with Crippen LogP contribution in [0.2, 0.25) is 0 Å². The molecule has 0 saturated carbocycles. The van der Waals surface area contributed by atoms with Crippen LogP contribution in [0.25, 0.3) is 0 Å². The molecule has 0 N–H and O–H groups in total. The lowest BCUT2D eigenvalue weighted by atomic mass is 10.0. The van der Waals surface area contributed by atoms with Gasteiger partial charge in [0.2, 0.25) is 10.0 Å². The van der Waals surface area contributed by atoms with Crippen LogP contribution in [0.4, 0.5) is 0 Å². The maximum atomic E-state index is 12.8. The van der Waals surface area contributed by atoms with Gasteiger partial charge in [-0.3, -0.25) is 9.97 Å². The van der Waals surface area contributed by atoms with Crippen LogP contribution >= 0.6 is 0 Å². The lowest BCUT2D eigenvalue weighted by Gasteiger charge is -2.24. The molecule has 1 aliphatic rings. The highest BCUT2D eigenvalue weighted by molar-refractivity contribution is 7.89. The molecule has 5 nitrogen and oxygen atoms in total. The minimum atomic E-state index is -3.44. The van der Waals surface area contributed by atoms with Crippen molar-refractivity contribution in [2.45, 2.75) is 43.5 Å². The first-order chi connectivity index (χ1) is 11.1. The lowest BCUT2D eigenvalue weighted by Crippen LogP contribution is -2.35. The predicted octanol–water partition coefficient (Wildman–Crippen LogP) is 2.57. The van der Waals surface area contributed by atoms with E-state index in [0.717, 1.165) is 31.4 Å². The highest BCUT2D eigenvalue weighted by atomic mass is 32.2. The zero-order chi connectivity index (χ0) is 16.3. The van der Waals surface area contributed by atoms with Crippen LogP contribution in [-0.2, 0) is 16.4 Å². The van der Waals surface area contributed by atoms with Crippen LogP contribution in [0.1, 0.15) is 30.5 Å². The monoisotopic (exact) mass is 331 g/mol. The molecule has 2 aromatic heterocycles. The maximum absolute atomic E-state index is 12.8. The van der Waals surface area contributed by atoms with E-state index in [1.165, 1.54) is 11.8 Å². The van der Waals surface area contributed by atoms with Gasteiger partial charge in [-0.1, -0.05) is 0 Å². The second-order valence-electron chi connectivity index (χ2n) is 5.94. The van der Waals surface area contributed by atoms with E-state index in [4.69, 9.17) is 0 Å². The average molecular weight is 331 g/mol. The Bertz CT molecular complexity index is 762. The molecule has 0 aromatic carbocycles. The smallest absolute Gasteiger partial charge is 0.244 e. The number of rotatable bonds is 5. The standard InChI is InChI=1S/C17H21N3O2S/c1-14-12-15(8-10-19-14)6-7-16-4-3-11-20(16)23(21,22)17-5-2-9-18-13-17/h2,5,8-10,12-13,16H,3-4,6-7,11H2,1H3/t16-/m0/s1. The fraction of sp³-hybridized carbons (Fsp3) is 0.412. The number of hydrogen-bond acceptors (Lipinski definition) is 4. The summed E-state index contributed by atoms with van der Waals surface area (Å²) in [7, 11) is -3.44. The van der Waals surface area contributed by atoms with Gasteiger partial charge in [0.25, 0.3) is 0 Å². The summed E-state index contributed by atoms with van der Waals surface area (Å²) in [4.78, 5) is 8.42. The van der Waals surface area contributed by atoms with Crippen LogP contribution in [0.15, 0.2) is 47.8 Å². The summed E-state index contributed by atoms with van der Waals surface area (Å²) in [5.41, 5.74) is 2.21. The molecule has 0 bridgehead atoms. The van der Waals surface area contributed by atoms with E-state index < -0.39 is 10.0 Å². The van der Waals surface area contributed by atoms with Gasteiger partial charge >= 0.3 is 0 Å². The van der Waals surface area contributed by atoms with Crippen molar-refractivity contribution >= 4 is 10.0 Å². The van der Waals surface area contributed by atoms with Crippen LogP contribution in [-0.4, -0.2) is 35.3 Å². The molecule has 0 spiro atoms. The van der Waals surface area contributed by atoms with Crippen LogP contribution < -0.4 is 0 Å². The molecule has 1 fully saturated rings. The quantitative estimate of drug-likeness (QED) is 0.845. The summed E-state index contributed by atoms with van der Waals surface area (Å²) in [6.07, 6.45) is 8.37. The Morgan fingerprint density at radius 3 is 2.91 bits per heavy atom. The molecule has 0 aliphatic carbocycles. The Labute approximate surface area is 137 Å². The van der Waals surface area contributed by atoms with Crippen molar-refractivity contribution in [3.8, 4) is 0 Å². The first kappa shape index (κ1) is 16.1. The van der Waals surface area contributed by atoms with Gasteiger partial charge in [0.1, 0.15) is 4.90 Å². The first-order valence-electron chi connectivity index (χ1n) is 7.91. The molecule has 0 amide bonds. The van der Waals surface area contributed by atoms with Crippen LogP contribution in [0.3, 0.4) is 0 Å². The zero-order valence-corrected chi connectivity index (χ0v) is 14.0. The van der Waals surface area contributed by atoms with Gasteiger partial charge in [-0.05, 0) is 62.4 Å². The fourth-order valence-corrected chi connectivity index (χ4v) is 4.83. The molecule has 1 aliphatic heterocycles. The summed E-state index contributed by atoms with van der Waals surface area (Å²) in [5.74, 6) is 0. The van der Waals surface area contributed by atoms with Gasteiger partial charge in [-0.2, -0.15) is 4.31 Å². The van der Waals surface area contributed by atoms with E-state index in [0.29, 0.717) is 6.54 Å². The lowest BCUT2D eigenvalue weighted by molar-refractivity contribution is 0.370. The first-order valence-corrected chi connectivity index (χ1v) is 9.35. The summed E-state index contributed by atoms with van der Waals surface area (Å²) in [5, 5.41) is 0. The molecule has 0 radical (unpaired) electrons. The largest absolute Gasteiger partial charge is 0.263 e. The highest BCUT2D eigenvalue weighted by Gasteiger charge is 2.34. The Balaban J connectivity index is 1.73. The van der Waals surface area contributed by atoms with E-state index in [2.05, 4.69) is 16.0 Å². The third kappa shape index (κ3) is 3.59. The average Bonchev–Trinajstić information content (AvgIpc) is 3.03. The van der Waals surface area contributed by atoms with Gasteiger partial charge < -0.3 is 0 Å². The predicted molar refractivity (Wildman–Crippen MR) is 88.4 cm³/mol. The molecule has 23 heavy (non-hydrogen) atoms. The van der Waals surface area contributed by atoms with Crippen molar-refractivity contribution in [3.05, 3.63) is 54.1 Å². The zero-order valence-electron chi connectivity index (χ0n) is 13.2. The van der Waals surface area contributed by atoms with E-state index in [9.17, 15) is 8.42 Å². The van der Waals surface area contributed by atoms with E-state index in [-0.39, 0.29) is 10.9 Å². The molecule has 1 saturated heterocycles. The summed E-state index contributed by atoms with van der Waals surface area (Å²) in [6, 6.07) is 7.41. The van der Waals surface area contributed by atoms with Crippen molar-refractivity contribution in [3.63, 3.8) is 0 Å². The van der Waals surface area contributed by atoms with E-state index >= 15 is 0 Å². The van der Waals surface area contributed by atoms with Crippen LogP contribution in [0.5, 0.6) is 0 Å². The summed E-state index contributed by atoms with van der Waals surface area (Å²) < 4.78 is 27.2. The van der Waals surface area contributed by atoms with Crippen molar-refractivity contribution in [1.29, 1.82) is 0 Å². The van der Waals surface area contributed by atoms with Gasteiger partial charge in [-0.25, -0.2) is 8.42 Å². The minimum Gasteiger partial charge on any atom is -0.263 e. The van der Waals surface area contributed by atoms with Crippen LogP contribution in [0, 0.1) is 6.92 Å². The normalized spacial score (nSPS) is 19.1. The van der Waals surface area contributed by atoms with Crippen molar-refractivity contribution < 1.29 is 8.42 Å².